The van der Waals surface area contributed by atoms with Gasteiger partial charge in [0, 0.05) is 11.3 Å². The Hall–Kier alpha value is 0.250. The van der Waals surface area contributed by atoms with Gasteiger partial charge in [0.1, 0.15) is 0 Å². The molecule has 2 fully saturated rings. The van der Waals surface area contributed by atoms with Gasteiger partial charge >= 0.3 is 0 Å². The van der Waals surface area contributed by atoms with Crippen molar-refractivity contribution in [3.8, 4) is 0 Å². The molecule has 0 aliphatic heterocycles. The van der Waals surface area contributed by atoms with Crippen LogP contribution in [0.1, 0.15) is 57.8 Å². The largest absolute Gasteiger partial charge is 0.392 e. The van der Waals surface area contributed by atoms with Crippen LogP contribution in [0.4, 0.5) is 0 Å². The maximum atomic E-state index is 10.4. The topological polar surface area (TPSA) is 20.2 Å². The fourth-order valence-electron chi connectivity index (χ4n) is 3.32. The van der Waals surface area contributed by atoms with E-state index in [9.17, 15) is 5.11 Å². The number of hydrogen-bond donors (Lipinski definition) is 1. The van der Waals surface area contributed by atoms with Crippen LogP contribution >= 0.6 is 11.6 Å². The minimum Gasteiger partial charge on any atom is -0.392 e. The van der Waals surface area contributed by atoms with Crippen molar-refractivity contribution < 1.29 is 5.11 Å². The Bertz CT molecular complexity index is 189. The maximum absolute atomic E-state index is 10.4. The van der Waals surface area contributed by atoms with E-state index in [0.717, 1.165) is 12.8 Å². The lowest BCUT2D eigenvalue weighted by atomic mass is 9.75. The minimum atomic E-state index is -0.118. The second-order valence-corrected chi connectivity index (χ2v) is 5.91. The number of aliphatic hydroxyl groups excluding tert-OH is 1. The summed E-state index contributed by atoms with van der Waals surface area (Å²) in [4.78, 5) is 0. The summed E-state index contributed by atoms with van der Waals surface area (Å²) in [6.45, 7) is 0. The Kier molecular flexibility index (Phi) is 4.33. The lowest BCUT2D eigenvalue weighted by Gasteiger charge is -2.36. The van der Waals surface area contributed by atoms with Crippen molar-refractivity contribution in [1.82, 2.24) is 0 Å². The van der Waals surface area contributed by atoms with Gasteiger partial charge in [-0.25, -0.2) is 0 Å². The molecule has 2 aliphatic carbocycles. The second kappa shape index (κ2) is 5.54. The van der Waals surface area contributed by atoms with Gasteiger partial charge in [-0.3, -0.25) is 0 Å². The van der Waals surface area contributed by atoms with Crippen LogP contribution in [0.2, 0.25) is 0 Å². The highest BCUT2D eigenvalue weighted by molar-refractivity contribution is 6.20. The van der Waals surface area contributed by atoms with Crippen LogP contribution in [0, 0.1) is 11.8 Å². The fourth-order valence-corrected chi connectivity index (χ4v) is 3.75. The average Bonchev–Trinajstić information content (AvgIpc) is 2.30. The van der Waals surface area contributed by atoms with Crippen LogP contribution in [-0.2, 0) is 0 Å². The molecular weight excluding hydrogens is 208 g/mol. The van der Waals surface area contributed by atoms with Gasteiger partial charge in [0.2, 0.25) is 0 Å². The molecule has 0 radical (unpaired) electrons. The Labute approximate surface area is 98.2 Å². The summed E-state index contributed by atoms with van der Waals surface area (Å²) < 4.78 is 0. The number of rotatable bonds is 2. The van der Waals surface area contributed by atoms with Crippen LogP contribution in [0.15, 0.2) is 0 Å². The third-order valence-electron chi connectivity index (χ3n) is 4.30. The van der Waals surface area contributed by atoms with E-state index in [1.807, 2.05) is 0 Å². The predicted octanol–water partition coefficient (Wildman–Crippen LogP) is 3.73. The lowest BCUT2D eigenvalue weighted by molar-refractivity contribution is 0.0204. The van der Waals surface area contributed by atoms with Crippen molar-refractivity contribution in [2.45, 2.75) is 69.3 Å². The van der Waals surface area contributed by atoms with Gasteiger partial charge in [-0.05, 0) is 31.6 Å². The maximum Gasteiger partial charge on any atom is 0.0610 e. The van der Waals surface area contributed by atoms with Gasteiger partial charge in [0.25, 0.3) is 0 Å². The highest BCUT2D eigenvalue weighted by Crippen LogP contribution is 2.37. The molecule has 0 spiro atoms. The zero-order valence-corrected chi connectivity index (χ0v) is 10.3. The Morgan fingerprint density at radius 1 is 0.867 bits per heavy atom. The molecule has 2 heteroatoms. The van der Waals surface area contributed by atoms with Gasteiger partial charge in [-0.2, -0.15) is 0 Å². The second-order valence-electron chi connectivity index (χ2n) is 5.35. The molecule has 2 rings (SSSR count). The van der Waals surface area contributed by atoms with Crippen molar-refractivity contribution in [2.24, 2.45) is 11.8 Å². The van der Waals surface area contributed by atoms with Crippen LogP contribution in [0.5, 0.6) is 0 Å². The van der Waals surface area contributed by atoms with E-state index < -0.39 is 0 Å². The summed E-state index contributed by atoms with van der Waals surface area (Å²) in [5.74, 6) is 0.923. The lowest BCUT2D eigenvalue weighted by Crippen LogP contribution is -2.37. The predicted molar refractivity (Wildman–Crippen MR) is 64.2 cm³/mol. The molecule has 0 aromatic heterocycles. The molecule has 0 bridgehead atoms. The minimum absolute atomic E-state index is 0.118. The zero-order valence-electron chi connectivity index (χ0n) is 9.50. The molecule has 0 aromatic carbocycles. The molecule has 88 valence electrons. The summed E-state index contributed by atoms with van der Waals surface area (Å²) in [6, 6.07) is 0. The summed E-state index contributed by atoms with van der Waals surface area (Å²) in [7, 11) is 0. The number of aliphatic hydroxyl groups is 1. The van der Waals surface area contributed by atoms with Crippen molar-refractivity contribution in [3.63, 3.8) is 0 Å². The van der Waals surface area contributed by atoms with Gasteiger partial charge < -0.3 is 5.11 Å². The van der Waals surface area contributed by atoms with Crippen molar-refractivity contribution in [3.05, 3.63) is 0 Å². The first-order valence-electron chi connectivity index (χ1n) is 6.61. The van der Waals surface area contributed by atoms with Crippen LogP contribution in [0.25, 0.3) is 0 Å². The monoisotopic (exact) mass is 230 g/mol. The highest BCUT2D eigenvalue weighted by atomic mass is 35.5. The first-order chi connectivity index (χ1) is 7.29. The first-order valence-corrected chi connectivity index (χ1v) is 7.05. The van der Waals surface area contributed by atoms with E-state index in [2.05, 4.69) is 0 Å². The van der Waals surface area contributed by atoms with E-state index in [1.54, 1.807) is 0 Å². The van der Waals surface area contributed by atoms with Gasteiger partial charge in [0.15, 0.2) is 0 Å². The number of halogens is 1. The van der Waals surface area contributed by atoms with E-state index in [-0.39, 0.29) is 11.5 Å². The van der Waals surface area contributed by atoms with Crippen molar-refractivity contribution in [2.75, 3.05) is 0 Å². The fraction of sp³-hybridized carbons (Fsp3) is 1.00. The normalized spacial score (nSPS) is 36.4. The van der Waals surface area contributed by atoms with Crippen LogP contribution in [0.3, 0.4) is 0 Å². The molecule has 0 saturated heterocycles. The van der Waals surface area contributed by atoms with E-state index in [4.69, 9.17) is 11.6 Å². The molecule has 1 N–H and O–H groups in total. The van der Waals surface area contributed by atoms with E-state index in [1.165, 1.54) is 44.9 Å². The molecule has 2 saturated carbocycles. The van der Waals surface area contributed by atoms with Crippen molar-refractivity contribution in [1.29, 1.82) is 0 Å². The molecule has 1 nitrogen and oxygen atoms in total. The molecule has 0 unspecified atom stereocenters. The number of hydrogen-bond acceptors (Lipinski definition) is 1. The molecule has 2 aliphatic rings. The SMILES string of the molecule is O[C@@H](C1CCCCC1)[C@H]1CCCC[C@@H]1Cl. The molecule has 0 aromatic rings. The standard InChI is InChI=1S/C13H23ClO/c14-12-9-5-4-8-11(12)13(15)10-6-2-1-3-7-10/h10-13,15H,1-9H2/t11-,12-,13-/m0/s1. The quantitative estimate of drug-likeness (QED) is 0.717. The van der Waals surface area contributed by atoms with Crippen LogP contribution < -0.4 is 0 Å². The molecule has 0 heterocycles. The Morgan fingerprint density at radius 2 is 1.47 bits per heavy atom. The Morgan fingerprint density at radius 3 is 2.13 bits per heavy atom. The van der Waals surface area contributed by atoms with E-state index >= 15 is 0 Å². The Balaban J connectivity index is 1.89. The summed E-state index contributed by atoms with van der Waals surface area (Å²) in [5.41, 5.74) is 0. The summed E-state index contributed by atoms with van der Waals surface area (Å²) in [5, 5.41) is 10.6. The average molecular weight is 231 g/mol. The number of alkyl halides is 1. The van der Waals surface area contributed by atoms with E-state index in [0.29, 0.717) is 11.8 Å². The molecule has 3 atom stereocenters. The molecular formula is C13H23ClO. The summed E-state index contributed by atoms with van der Waals surface area (Å²) in [6.07, 6.45) is 11.1. The molecule has 15 heavy (non-hydrogen) atoms. The van der Waals surface area contributed by atoms with Gasteiger partial charge in [-0.1, -0.05) is 32.1 Å². The summed E-state index contributed by atoms with van der Waals surface area (Å²) >= 11 is 6.34. The third-order valence-corrected chi connectivity index (χ3v) is 4.85. The molecule has 0 amide bonds. The van der Waals surface area contributed by atoms with Gasteiger partial charge in [0.05, 0.1) is 6.10 Å². The smallest absolute Gasteiger partial charge is 0.0610 e. The van der Waals surface area contributed by atoms with Crippen molar-refractivity contribution >= 4 is 11.6 Å². The van der Waals surface area contributed by atoms with Crippen LogP contribution in [-0.4, -0.2) is 16.6 Å². The first kappa shape index (κ1) is 11.7. The third kappa shape index (κ3) is 2.88. The highest BCUT2D eigenvalue weighted by Gasteiger charge is 2.34. The zero-order chi connectivity index (χ0) is 10.7. The van der Waals surface area contributed by atoms with Gasteiger partial charge in [-0.15, -0.1) is 11.6 Å².